The van der Waals surface area contributed by atoms with Gasteiger partial charge in [-0.25, -0.2) is 4.98 Å². The van der Waals surface area contributed by atoms with Gasteiger partial charge in [0.15, 0.2) is 0 Å². The number of hydrogen-bond donors (Lipinski definition) is 2. The van der Waals surface area contributed by atoms with Crippen LogP contribution in [0.1, 0.15) is 24.4 Å². The molecule has 0 bridgehead atoms. The van der Waals surface area contributed by atoms with Gasteiger partial charge in [-0.1, -0.05) is 24.3 Å². The molecule has 0 aliphatic rings. The van der Waals surface area contributed by atoms with Crippen molar-refractivity contribution in [2.45, 2.75) is 13.0 Å². The first kappa shape index (κ1) is 15.8. The van der Waals surface area contributed by atoms with E-state index in [4.69, 9.17) is 4.74 Å². The van der Waals surface area contributed by atoms with Crippen molar-refractivity contribution in [3.63, 3.8) is 0 Å². The van der Waals surface area contributed by atoms with Crippen molar-refractivity contribution in [2.75, 3.05) is 7.11 Å². The van der Waals surface area contributed by atoms with Crippen LogP contribution in [0.25, 0.3) is 17.1 Å². The molecule has 24 heavy (non-hydrogen) atoms. The number of H-pyrrole nitrogens is 1. The Labute approximate surface area is 140 Å². The normalized spacial score (nSPS) is 12.4. The van der Waals surface area contributed by atoms with Gasteiger partial charge >= 0.3 is 0 Å². The van der Waals surface area contributed by atoms with E-state index in [0.29, 0.717) is 0 Å². The molecule has 2 aromatic carbocycles. The van der Waals surface area contributed by atoms with E-state index in [1.165, 1.54) is 6.08 Å². The highest BCUT2D eigenvalue weighted by atomic mass is 16.5. The highest BCUT2D eigenvalue weighted by Crippen LogP contribution is 2.16. The number of carbonyl (C=O) groups excluding carboxylic acids is 1. The van der Waals surface area contributed by atoms with Gasteiger partial charge in [0.2, 0.25) is 5.91 Å². The number of methoxy groups -OCH3 is 1. The van der Waals surface area contributed by atoms with Crippen LogP contribution in [0, 0.1) is 0 Å². The molecule has 3 aromatic rings. The molecule has 1 heterocycles. The van der Waals surface area contributed by atoms with Crippen LogP contribution in [0.4, 0.5) is 0 Å². The fraction of sp³-hybridized carbons (Fsp3) is 0.158. The third-order valence-corrected chi connectivity index (χ3v) is 3.72. The standard InChI is InChI=1S/C19H19N3O2/c1-13(19-21-16-5-3-4-6-17(16)22-19)20-18(23)12-9-14-7-10-15(24-2)11-8-14/h3-13H,1-2H3,(H,20,23)(H,21,22)/b12-9+/t13-/m0/s1. The number of imidazole rings is 1. The van der Waals surface area contributed by atoms with Gasteiger partial charge < -0.3 is 15.0 Å². The van der Waals surface area contributed by atoms with Crippen LogP contribution in [0.5, 0.6) is 5.75 Å². The maximum atomic E-state index is 12.1. The van der Waals surface area contributed by atoms with E-state index >= 15 is 0 Å². The predicted octanol–water partition coefficient (Wildman–Crippen LogP) is 3.46. The second kappa shape index (κ2) is 7.00. The van der Waals surface area contributed by atoms with Gasteiger partial charge in [0.1, 0.15) is 11.6 Å². The summed E-state index contributed by atoms with van der Waals surface area (Å²) >= 11 is 0. The summed E-state index contributed by atoms with van der Waals surface area (Å²) in [6.45, 7) is 1.90. The van der Waals surface area contributed by atoms with Crippen LogP contribution in [-0.4, -0.2) is 23.0 Å². The number of amides is 1. The van der Waals surface area contributed by atoms with Crippen LogP contribution in [0.2, 0.25) is 0 Å². The number of aromatic nitrogens is 2. The first-order chi connectivity index (χ1) is 11.7. The Balaban J connectivity index is 1.63. The van der Waals surface area contributed by atoms with Gasteiger partial charge in [-0.15, -0.1) is 0 Å². The van der Waals surface area contributed by atoms with Gasteiger partial charge in [-0.3, -0.25) is 4.79 Å². The average Bonchev–Trinajstić information content (AvgIpc) is 3.05. The summed E-state index contributed by atoms with van der Waals surface area (Å²) in [5.74, 6) is 1.36. The quantitative estimate of drug-likeness (QED) is 0.707. The number of nitrogens with one attached hydrogen (secondary N) is 2. The lowest BCUT2D eigenvalue weighted by Crippen LogP contribution is -2.25. The van der Waals surface area contributed by atoms with Gasteiger partial charge in [0.05, 0.1) is 24.2 Å². The second-order valence-electron chi connectivity index (χ2n) is 5.48. The highest BCUT2D eigenvalue weighted by molar-refractivity contribution is 5.92. The number of fused-ring (bicyclic) bond motifs is 1. The van der Waals surface area contributed by atoms with Crippen molar-refractivity contribution in [3.05, 3.63) is 66.0 Å². The summed E-state index contributed by atoms with van der Waals surface area (Å²) in [6.07, 6.45) is 3.28. The van der Waals surface area contributed by atoms with Crippen molar-refractivity contribution in [3.8, 4) is 5.75 Å². The van der Waals surface area contributed by atoms with Crippen molar-refractivity contribution < 1.29 is 9.53 Å². The van der Waals surface area contributed by atoms with E-state index in [2.05, 4.69) is 15.3 Å². The van der Waals surface area contributed by atoms with Gasteiger partial charge in [0.25, 0.3) is 0 Å². The van der Waals surface area contributed by atoms with E-state index in [-0.39, 0.29) is 11.9 Å². The molecule has 1 aromatic heterocycles. The Bertz CT molecular complexity index is 833. The second-order valence-corrected chi connectivity index (χ2v) is 5.48. The number of ether oxygens (including phenoxy) is 1. The third kappa shape index (κ3) is 3.63. The molecule has 0 spiro atoms. The lowest BCUT2D eigenvalue weighted by molar-refractivity contribution is -0.117. The Kier molecular flexibility index (Phi) is 4.61. The lowest BCUT2D eigenvalue weighted by Gasteiger charge is -2.09. The summed E-state index contributed by atoms with van der Waals surface area (Å²) in [7, 11) is 1.62. The summed E-state index contributed by atoms with van der Waals surface area (Å²) < 4.78 is 5.11. The molecule has 0 saturated carbocycles. The number of aromatic amines is 1. The SMILES string of the molecule is COc1ccc(/C=C/C(=O)N[C@@H](C)c2nc3ccccc3[nH]2)cc1. The number of hydrogen-bond acceptors (Lipinski definition) is 3. The monoisotopic (exact) mass is 321 g/mol. The molecular formula is C19H19N3O2. The number of para-hydroxylation sites is 2. The minimum Gasteiger partial charge on any atom is -0.497 e. The predicted molar refractivity (Wildman–Crippen MR) is 94.7 cm³/mol. The summed E-state index contributed by atoms with van der Waals surface area (Å²) in [6, 6.07) is 15.1. The van der Waals surface area contributed by atoms with Gasteiger partial charge in [-0.2, -0.15) is 0 Å². The van der Waals surface area contributed by atoms with Crippen LogP contribution in [0.3, 0.4) is 0 Å². The Morgan fingerprint density at radius 3 is 2.67 bits per heavy atom. The fourth-order valence-corrected chi connectivity index (χ4v) is 2.39. The maximum absolute atomic E-state index is 12.1. The number of benzene rings is 2. The topological polar surface area (TPSA) is 67.0 Å². The van der Waals surface area contributed by atoms with E-state index in [9.17, 15) is 4.79 Å². The highest BCUT2D eigenvalue weighted by Gasteiger charge is 2.11. The van der Waals surface area contributed by atoms with Crippen molar-refractivity contribution in [1.29, 1.82) is 0 Å². The first-order valence-electron chi connectivity index (χ1n) is 7.73. The average molecular weight is 321 g/mol. The molecule has 3 rings (SSSR count). The zero-order valence-corrected chi connectivity index (χ0v) is 13.6. The molecule has 0 saturated heterocycles. The summed E-state index contributed by atoms with van der Waals surface area (Å²) in [5.41, 5.74) is 2.78. The zero-order valence-electron chi connectivity index (χ0n) is 13.6. The number of nitrogens with zero attached hydrogens (tertiary/aromatic N) is 1. The van der Waals surface area contributed by atoms with Crippen molar-refractivity contribution >= 4 is 23.0 Å². The van der Waals surface area contributed by atoms with Crippen molar-refractivity contribution in [2.24, 2.45) is 0 Å². The minimum absolute atomic E-state index is 0.168. The molecule has 0 fully saturated rings. The smallest absolute Gasteiger partial charge is 0.244 e. The molecule has 5 heteroatoms. The Hall–Kier alpha value is -3.08. The van der Waals surface area contributed by atoms with Crippen LogP contribution in [-0.2, 0) is 4.79 Å². The van der Waals surface area contributed by atoms with Gasteiger partial charge in [-0.05, 0) is 42.8 Å². The van der Waals surface area contributed by atoms with Crippen LogP contribution < -0.4 is 10.1 Å². The Morgan fingerprint density at radius 2 is 1.96 bits per heavy atom. The molecule has 1 amide bonds. The van der Waals surface area contributed by atoms with Crippen LogP contribution in [0.15, 0.2) is 54.6 Å². The molecular weight excluding hydrogens is 302 g/mol. The largest absolute Gasteiger partial charge is 0.497 e. The van der Waals surface area contributed by atoms with E-state index in [1.54, 1.807) is 13.2 Å². The van der Waals surface area contributed by atoms with E-state index < -0.39 is 0 Å². The molecule has 0 aliphatic carbocycles. The minimum atomic E-state index is -0.203. The number of rotatable bonds is 5. The molecule has 2 N–H and O–H groups in total. The molecule has 1 atom stereocenters. The first-order valence-corrected chi connectivity index (χ1v) is 7.73. The van der Waals surface area contributed by atoms with Crippen LogP contribution >= 0.6 is 0 Å². The zero-order chi connectivity index (χ0) is 16.9. The molecule has 5 nitrogen and oxygen atoms in total. The summed E-state index contributed by atoms with van der Waals surface area (Å²) in [4.78, 5) is 19.8. The fourth-order valence-electron chi connectivity index (χ4n) is 2.39. The molecule has 122 valence electrons. The van der Waals surface area contributed by atoms with E-state index in [0.717, 1.165) is 28.2 Å². The van der Waals surface area contributed by atoms with Gasteiger partial charge in [0, 0.05) is 6.08 Å². The van der Waals surface area contributed by atoms with E-state index in [1.807, 2.05) is 55.5 Å². The van der Waals surface area contributed by atoms with Crippen molar-refractivity contribution in [1.82, 2.24) is 15.3 Å². The Morgan fingerprint density at radius 1 is 1.21 bits per heavy atom. The molecule has 0 unspecified atom stereocenters. The number of carbonyl (C=O) groups is 1. The molecule has 0 radical (unpaired) electrons. The third-order valence-electron chi connectivity index (χ3n) is 3.72. The summed E-state index contributed by atoms with van der Waals surface area (Å²) in [5, 5.41) is 2.91. The molecule has 0 aliphatic heterocycles. The lowest BCUT2D eigenvalue weighted by atomic mass is 10.2. The maximum Gasteiger partial charge on any atom is 0.244 e.